The molecule has 0 saturated heterocycles. The maximum Gasteiger partial charge on any atom is 0.289 e. The van der Waals surface area contributed by atoms with Crippen molar-refractivity contribution in [2.24, 2.45) is 0 Å². The maximum atomic E-state index is 11.8. The van der Waals surface area contributed by atoms with Crippen LogP contribution in [-0.4, -0.2) is 48.3 Å². The lowest BCUT2D eigenvalue weighted by molar-refractivity contribution is -0.128. The predicted molar refractivity (Wildman–Crippen MR) is 63.6 cm³/mol. The highest BCUT2D eigenvalue weighted by molar-refractivity contribution is 5.91. The molecule has 0 aliphatic rings. The van der Waals surface area contributed by atoms with E-state index in [1.165, 1.54) is 13.2 Å². The molecule has 1 aromatic heterocycles. The zero-order valence-corrected chi connectivity index (χ0v) is 10.5. The van der Waals surface area contributed by atoms with Gasteiger partial charge < -0.3 is 14.2 Å². The summed E-state index contributed by atoms with van der Waals surface area (Å²) in [5.74, 6) is 0.166. The third kappa shape index (κ3) is 3.62. The zero-order chi connectivity index (χ0) is 12.8. The predicted octanol–water partition coefficient (Wildman–Crippen LogP) is 1.22. The normalized spacial score (nSPS) is 10.1. The van der Waals surface area contributed by atoms with Crippen LogP contribution in [0.3, 0.4) is 0 Å². The van der Waals surface area contributed by atoms with Gasteiger partial charge in [0.1, 0.15) is 0 Å². The molecule has 5 heteroatoms. The van der Waals surface area contributed by atoms with Gasteiger partial charge in [-0.05, 0) is 19.1 Å². The third-order valence-corrected chi connectivity index (χ3v) is 2.61. The Morgan fingerprint density at radius 2 is 2.06 bits per heavy atom. The molecular formula is C12H18N2O3. The standard InChI is InChI=1S/C12H18N2O3/c1-4-14(10(2)15)8-7-13(3)12(16)11-6-5-9-17-11/h5-6,9H,4,7-8H2,1-3H3. The van der Waals surface area contributed by atoms with Gasteiger partial charge in [0.05, 0.1) is 6.26 Å². The van der Waals surface area contributed by atoms with Crippen molar-refractivity contribution in [3.05, 3.63) is 24.2 Å². The summed E-state index contributed by atoms with van der Waals surface area (Å²) in [5.41, 5.74) is 0. The highest BCUT2D eigenvalue weighted by atomic mass is 16.3. The van der Waals surface area contributed by atoms with Gasteiger partial charge in [-0.2, -0.15) is 0 Å². The summed E-state index contributed by atoms with van der Waals surface area (Å²) in [7, 11) is 1.69. The quantitative estimate of drug-likeness (QED) is 0.775. The Morgan fingerprint density at radius 1 is 1.35 bits per heavy atom. The Morgan fingerprint density at radius 3 is 2.53 bits per heavy atom. The molecule has 0 saturated carbocycles. The van der Waals surface area contributed by atoms with E-state index in [-0.39, 0.29) is 11.8 Å². The summed E-state index contributed by atoms with van der Waals surface area (Å²) in [4.78, 5) is 26.2. The van der Waals surface area contributed by atoms with E-state index in [0.717, 1.165) is 0 Å². The van der Waals surface area contributed by atoms with Crippen molar-refractivity contribution in [1.29, 1.82) is 0 Å². The van der Waals surface area contributed by atoms with E-state index in [1.807, 2.05) is 6.92 Å². The lowest BCUT2D eigenvalue weighted by Crippen LogP contribution is -2.38. The van der Waals surface area contributed by atoms with Crippen LogP contribution in [0.5, 0.6) is 0 Å². The van der Waals surface area contributed by atoms with E-state index in [0.29, 0.717) is 25.4 Å². The van der Waals surface area contributed by atoms with Crippen molar-refractivity contribution in [2.75, 3.05) is 26.7 Å². The lowest BCUT2D eigenvalue weighted by atomic mass is 10.3. The first-order chi connectivity index (χ1) is 8.06. The van der Waals surface area contributed by atoms with Gasteiger partial charge in [-0.3, -0.25) is 9.59 Å². The molecule has 1 rings (SSSR count). The Kier molecular flexibility index (Phi) is 4.75. The molecule has 0 atom stereocenters. The fourth-order valence-electron chi connectivity index (χ4n) is 1.50. The molecule has 0 aromatic carbocycles. The summed E-state index contributed by atoms with van der Waals surface area (Å²) in [5, 5.41) is 0. The molecule has 0 fully saturated rings. The molecule has 0 radical (unpaired) electrons. The number of furan rings is 1. The van der Waals surface area contributed by atoms with Crippen molar-refractivity contribution < 1.29 is 14.0 Å². The summed E-state index contributed by atoms with van der Waals surface area (Å²) in [6, 6.07) is 3.30. The molecule has 0 aliphatic carbocycles. The number of hydrogen-bond donors (Lipinski definition) is 0. The molecule has 0 spiro atoms. The van der Waals surface area contributed by atoms with Crippen molar-refractivity contribution in [3.8, 4) is 0 Å². The Bertz CT molecular complexity index is 373. The van der Waals surface area contributed by atoms with Crippen LogP contribution in [0.2, 0.25) is 0 Å². The molecule has 1 aromatic rings. The van der Waals surface area contributed by atoms with Crippen LogP contribution in [0.1, 0.15) is 24.4 Å². The van der Waals surface area contributed by atoms with Gasteiger partial charge in [-0.15, -0.1) is 0 Å². The maximum absolute atomic E-state index is 11.8. The SMILES string of the molecule is CCN(CCN(C)C(=O)c1ccco1)C(C)=O. The lowest BCUT2D eigenvalue weighted by Gasteiger charge is -2.23. The van der Waals surface area contributed by atoms with Crippen LogP contribution in [0.4, 0.5) is 0 Å². The van der Waals surface area contributed by atoms with Crippen molar-refractivity contribution in [3.63, 3.8) is 0 Å². The number of nitrogens with zero attached hydrogens (tertiary/aromatic N) is 2. The number of hydrogen-bond acceptors (Lipinski definition) is 3. The monoisotopic (exact) mass is 238 g/mol. The smallest absolute Gasteiger partial charge is 0.289 e. The van der Waals surface area contributed by atoms with E-state index in [9.17, 15) is 9.59 Å². The molecule has 94 valence electrons. The summed E-state index contributed by atoms with van der Waals surface area (Å²) in [6.45, 7) is 5.12. The van der Waals surface area contributed by atoms with E-state index < -0.39 is 0 Å². The van der Waals surface area contributed by atoms with Gasteiger partial charge in [0, 0.05) is 33.6 Å². The van der Waals surface area contributed by atoms with Crippen LogP contribution in [0.25, 0.3) is 0 Å². The van der Waals surface area contributed by atoms with E-state index in [4.69, 9.17) is 4.42 Å². The van der Waals surface area contributed by atoms with E-state index >= 15 is 0 Å². The second-order valence-corrected chi connectivity index (χ2v) is 3.80. The largest absolute Gasteiger partial charge is 0.459 e. The molecule has 1 heterocycles. The van der Waals surface area contributed by atoms with Gasteiger partial charge in [0.15, 0.2) is 5.76 Å². The number of carbonyl (C=O) groups is 2. The summed E-state index contributed by atoms with van der Waals surface area (Å²) < 4.78 is 5.03. The van der Waals surface area contributed by atoms with Crippen LogP contribution in [-0.2, 0) is 4.79 Å². The van der Waals surface area contributed by atoms with Gasteiger partial charge in [0.25, 0.3) is 5.91 Å². The van der Waals surface area contributed by atoms with Gasteiger partial charge in [-0.1, -0.05) is 0 Å². The number of likely N-dealkylation sites (N-methyl/N-ethyl adjacent to an activating group) is 2. The van der Waals surface area contributed by atoms with Gasteiger partial charge >= 0.3 is 0 Å². The average molecular weight is 238 g/mol. The second-order valence-electron chi connectivity index (χ2n) is 3.80. The molecule has 0 N–H and O–H groups in total. The van der Waals surface area contributed by atoms with E-state index in [1.54, 1.807) is 29.0 Å². The second kappa shape index (κ2) is 6.08. The Hall–Kier alpha value is -1.78. The highest BCUT2D eigenvalue weighted by Gasteiger charge is 2.15. The first-order valence-electron chi connectivity index (χ1n) is 5.60. The average Bonchev–Trinajstić information content (AvgIpc) is 2.81. The first-order valence-corrected chi connectivity index (χ1v) is 5.60. The third-order valence-electron chi connectivity index (χ3n) is 2.61. The summed E-state index contributed by atoms with van der Waals surface area (Å²) >= 11 is 0. The van der Waals surface area contributed by atoms with Crippen molar-refractivity contribution >= 4 is 11.8 Å². The number of rotatable bonds is 5. The van der Waals surface area contributed by atoms with Crippen LogP contribution in [0.15, 0.2) is 22.8 Å². The topological polar surface area (TPSA) is 53.8 Å². The molecule has 2 amide bonds. The van der Waals surface area contributed by atoms with Gasteiger partial charge in [-0.25, -0.2) is 0 Å². The highest BCUT2D eigenvalue weighted by Crippen LogP contribution is 2.04. The minimum absolute atomic E-state index is 0.0198. The molecule has 0 bridgehead atoms. The van der Waals surface area contributed by atoms with Crippen LogP contribution < -0.4 is 0 Å². The Labute approximate surface area is 101 Å². The minimum atomic E-state index is -0.172. The van der Waals surface area contributed by atoms with E-state index in [2.05, 4.69) is 0 Å². The Balaban J connectivity index is 2.47. The fraction of sp³-hybridized carbons (Fsp3) is 0.500. The van der Waals surface area contributed by atoms with Crippen molar-refractivity contribution in [1.82, 2.24) is 9.80 Å². The summed E-state index contributed by atoms with van der Waals surface area (Å²) in [6.07, 6.45) is 1.47. The number of carbonyl (C=O) groups excluding carboxylic acids is 2. The van der Waals surface area contributed by atoms with Crippen molar-refractivity contribution in [2.45, 2.75) is 13.8 Å². The molecular weight excluding hydrogens is 220 g/mol. The molecule has 0 aliphatic heterocycles. The fourth-order valence-corrected chi connectivity index (χ4v) is 1.50. The van der Waals surface area contributed by atoms with Crippen LogP contribution >= 0.6 is 0 Å². The molecule has 17 heavy (non-hydrogen) atoms. The molecule has 0 unspecified atom stereocenters. The zero-order valence-electron chi connectivity index (χ0n) is 10.5. The minimum Gasteiger partial charge on any atom is -0.459 e. The first kappa shape index (κ1) is 13.3. The molecule has 5 nitrogen and oxygen atoms in total. The van der Waals surface area contributed by atoms with Crippen LogP contribution in [0, 0.1) is 0 Å². The number of amides is 2. The van der Waals surface area contributed by atoms with Gasteiger partial charge in [0.2, 0.25) is 5.91 Å².